The van der Waals surface area contributed by atoms with Gasteiger partial charge in [-0.1, -0.05) is 0 Å². The van der Waals surface area contributed by atoms with Crippen molar-refractivity contribution in [3.05, 3.63) is 36.0 Å². The van der Waals surface area contributed by atoms with Gasteiger partial charge in [-0.2, -0.15) is 0 Å². The van der Waals surface area contributed by atoms with Crippen LogP contribution in [0.3, 0.4) is 0 Å². The maximum Gasteiger partial charge on any atom is 0.204 e. The molecule has 0 saturated carbocycles. The molecule has 21 heavy (non-hydrogen) atoms. The number of furan rings is 1. The van der Waals surface area contributed by atoms with Gasteiger partial charge in [-0.15, -0.1) is 0 Å². The van der Waals surface area contributed by atoms with Crippen LogP contribution in [-0.2, 0) is 20.1 Å². The second kappa shape index (κ2) is 6.83. The van der Waals surface area contributed by atoms with Gasteiger partial charge in [-0.3, -0.25) is 4.99 Å². The molecule has 0 saturated heterocycles. The number of guanidine groups is 1. The predicted octanol–water partition coefficient (Wildman–Crippen LogP) is 0.944. The van der Waals surface area contributed by atoms with Crippen LogP contribution < -0.4 is 15.5 Å². The topological polar surface area (TPSA) is 70.6 Å². The quantitative estimate of drug-likeness (QED) is 0.633. The Bertz CT molecular complexity index is 585. The van der Waals surface area contributed by atoms with E-state index in [1.54, 1.807) is 19.6 Å². The third-order valence-electron chi connectivity index (χ3n) is 3.16. The Morgan fingerprint density at radius 1 is 1.38 bits per heavy atom. The fraction of sp³-hybridized carbons (Fsp3) is 0.429. The molecule has 2 heterocycles. The SMILES string of the molecule is CN=C(NCc1ccoc1)NCc1cnc(N(C)C)n1C. The van der Waals surface area contributed by atoms with E-state index >= 15 is 0 Å². The van der Waals surface area contributed by atoms with Crippen LogP contribution in [0.1, 0.15) is 11.3 Å². The maximum absolute atomic E-state index is 5.03. The first-order chi connectivity index (χ1) is 10.1. The molecule has 0 aliphatic heterocycles. The number of anilines is 1. The molecule has 114 valence electrons. The molecule has 0 atom stereocenters. The number of imidazole rings is 1. The Hall–Kier alpha value is -2.44. The van der Waals surface area contributed by atoms with E-state index in [2.05, 4.69) is 25.2 Å². The zero-order valence-electron chi connectivity index (χ0n) is 12.9. The van der Waals surface area contributed by atoms with Gasteiger partial charge in [0, 0.05) is 40.3 Å². The third-order valence-corrected chi connectivity index (χ3v) is 3.16. The summed E-state index contributed by atoms with van der Waals surface area (Å²) in [5, 5.41) is 6.50. The number of rotatable bonds is 5. The molecule has 0 amide bonds. The van der Waals surface area contributed by atoms with E-state index in [0.29, 0.717) is 13.1 Å². The summed E-state index contributed by atoms with van der Waals surface area (Å²) in [6.45, 7) is 1.33. The largest absolute Gasteiger partial charge is 0.472 e. The van der Waals surface area contributed by atoms with E-state index in [-0.39, 0.29) is 0 Å². The molecule has 0 spiro atoms. The number of aromatic nitrogens is 2. The molecule has 0 fully saturated rings. The minimum absolute atomic E-state index is 0.655. The first kappa shape index (κ1) is 15.0. The van der Waals surface area contributed by atoms with Gasteiger partial charge < -0.3 is 24.5 Å². The molecule has 0 unspecified atom stereocenters. The van der Waals surface area contributed by atoms with Crippen LogP contribution in [0.4, 0.5) is 5.95 Å². The smallest absolute Gasteiger partial charge is 0.204 e. The zero-order chi connectivity index (χ0) is 15.2. The predicted molar refractivity (Wildman–Crippen MR) is 83.3 cm³/mol. The van der Waals surface area contributed by atoms with Crippen molar-refractivity contribution in [2.24, 2.45) is 12.0 Å². The van der Waals surface area contributed by atoms with Crippen LogP contribution in [0.5, 0.6) is 0 Å². The number of hydrogen-bond donors (Lipinski definition) is 2. The van der Waals surface area contributed by atoms with Gasteiger partial charge in [-0.25, -0.2) is 4.98 Å². The molecule has 2 N–H and O–H groups in total. The highest BCUT2D eigenvalue weighted by atomic mass is 16.3. The molecular weight excluding hydrogens is 268 g/mol. The Balaban J connectivity index is 1.88. The molecule has 2 rings (SSSR count). The maximum atomic E-state index is 5.03. The molecule has 2 aromatic heterocycles. The minimum Gasteiger partial charge on any atom is -0.472 e. The molecule has 0 aliphatic carbocycles. The lowest BCUT2D eigenvalue weighted by Gasteiger charge is -2.14. The average Bonchev–Trinajstić information content (AvgIpc) is 3.09. The molecule has 0 aromatic carbocycles. The van der Waals surface area contributed by atoms with Gasteiger partial charge in [0.25, 0.3) is 0 Å². The van der Waals surface area contributed by atoms with E-state index in [4.69, 9.17) is 4.42 Å². The van der Waals surface area contributed by atoms with E-state index in [1.807, 2.05) is 38.3 Å². The Morgan fingerprint density at radius 2 is 2.14 bits per heavy atom. The van der Waals surface area contributed by atoms with Crippen LogP contribution in [0, 0.1) is 0 Å². The van der Waals surface area contributed by atoms with Crippen LogP contribution in [0.25, 0.3) is 0 Å². The summed E-state index contributed by atoms with van der Waals surface area (Å²) in [4.78, 5) is 10.6. The molecule has 0 aliphatic rings. The number of aliphatic imine (C=N–C) groups is 1. The van der Waals surface area contributed by atoms with Gasteiger partial charge in [0.15, 0.2) is 5.96 Å². The first-order valence-corrected chi connectivity index (χ1v) is 6.75. The van der Waals surface area contributed by atoms with Crippen molar-refractivity contribution in [3.8, 4) is 0 Å². The Labute approximate surface area is 124 Å². The standard InChI is InChI=1S/C14H22N6O/c1-15-13(16-7-11-5-6-21-10-11)17-8-12-9-18-14(19(2)3)20(12)4/h5-6,9-10H,7-8H2,1-4H3,(H2,15,16,17). The van der Waals surface area contributed by atoms with Crippen molar-refractivity contribution in [1.29, 1.82) is 0 Å². The van der Waals surface area contributed by atoms with Gasteiger partial charge in [0.1, 0.15) is 0 Å². The van der Waals surface area contributed by atoms with Crippen LogP contribution in [0.15, 0.2) is 34.2 Å². The van der Waals surface area contributed by atoms with Gasteiger partial charge in [-0.05, 0) is 6.07 Å². The first-order valence-electron chi connectivity index (χ1n) is 6.75. The van der Waals surface area contributed by atoms with Gasteiger partial charge in [0.05, 0.1) is 31.0 Å². The second-order valence-electron chi connectivity index (χ2n) is 4.91. The number of hydrogen-bond acceptors (Lipinski definition) is 4. The number of nitrogens with one attached hydrogen (secondary N) is 2. The molecule has 7 nitrogen and oxygen atoms in total. The lowest BCUT2D eigenvalue weighted by molar-refractivity contribution is 0.563. The highest BCUT2D eigenvalue weighted by molar-refractivity contribution is 5.79. The fourth-order valence-corrected chi connectivity index (χ4v) is 1.99. The van der Waals surface area contributed by atoms with E-state index in [1.165, 1.54) is 0 Å². The zero-order valence-corrected chi connectivity index (χ0v) is 12.9. The minimum atomic E-state index is 0.655. The van der Waals surface area contributed by atoms with Gasteiger partial charge in [0.2, 0.25) is 5.95 Å². The van der Waals surface area contributed by atoms with Crippen molar-refractivity contribution < 1.29 is 4.42 Å². The van der Waals surface area contributed by atoms with Crippen molar-refractivity contribution in [2.75, 3.05) is 26.0 Å². The summed E-state index contributed by atoms with van der Waals surface area (Å²) in [5.74, 6) is 1.66. The number of nitrogens with zero attached hydrogens (tertiary/aromatic N) is 4. The third kappa shape index (κ3) is 3.77. The highest BCUT2D eigenvalue weighted by Gasteiger charge is 2.08. The lowest BCUT2D eigenvalue weighted by Crippen LogP contribution is -2.36. The summed E-state index contributed by atoms with van der Waals surface area (Å²) in [6, 6.07) is 1.92. The fourth-order valence-electron chi connectivity index (χ4n) is 1.99. The molecular formula is C14H22N6O. The van der Waals surface area contributed by atoms with Crippen molar-refractivity contribution in [2.45, 2.75) is 13.1 Å². The van der Waals surface area contributed by atoms with Crippen molar-refractivity contribution in [3.63, 3.8) is 0 Å². The summed E-state index contributed by atoms with van der Waals surface area (Å²) in [6.07, 6.45) is 5.24. The van der Waals surface area contributed by atoms with Crippen molar-refractivity contribution >= 4 is 11.9 Å². The van der Waals surface area contributed by atoms with Crippen molar-refractivity contribution in [1.82, 2.24) is 20.2 Å². The molecule has 7 heteroatoms. The molecule has 0 bridgehead atoms. The molecule has 0 radical (unpaired) electrons. The lowest BCUT2D eigenvalue weighted by atomic mass is 10.3. The van der Waals surface area contributed by atoms with Crippen LogP contribution in [0.2, 0.25) is 0 Å². The monoisotopic (exact) mass is 290 g/mol. The van der Waals surface area contributed by atoms with E-state index < -0.39 is 0 Å². The summed E-state index contributed by atoms with van der Waals surface area (Å²) >= 11 is 0. The summed E-state index contributed by atoms with van der Waals surface area (Å²) < 4.78 is 7.09. The van der Waals surface area contributed by atoms with Crippen LogP contribution in [-0.4, -0.2) is 36.7 Å². The van der Waals surface area contributed by atoms with E-state index in [0.717, 1.165) is 23.2 Å². The second-order valence-corrected chi connectivity index (χ2v) is 4.91. The molecule has 2 aromatic rings. The van der Waals surface area contributed by atoms with E-state index in [9.17, 15) is 0 Å². The summed E-state index contributed by atoms with van der Waals surface area (Å²) in [7, 11) is 7.70. The Morgan fingerprint density at radius 3 is 2.71 bits per heavy atom. The Kier molecular flexibility index (Phi) is 4.86. The normalized spacial score (nSPS) is 11.5. The highest BCUT2D eigenvalue weighted by Crippen LogP contribution is 2.10. The summed E-state index contributed by atoms with van der Waals surface area (Å²) in [5.41, 5.74) is 2.17. The van der Waals surface area contributed by atoms with Gasteiger partial charge >= 0.3 is 0 Å². The average molecular weight is 290 g/mol. The van der Waals surface area contributed by atoms with Crippen LogP contribution >= 0.6 is 0 Å².